The van der Waals surface area contributed by atoms with E-state index in [2.05, 4.69) is 43.0 Å². The molecule has 0 bridgehead atoms. The van der Waals surface area contributed by atoms with Crippen molar-refractivity contribution in [3.63, 3.8) is 0 Å². The Hall–Kier alpha value is -1.02. The number of rotatable bonds is 4. The van der Waals surface area contributed by atoms with Gasteiger partial charge in [-0.2, -0.15) is 0 Å². The zero-order valence-electron chi connectivity index (χ0n) is 10.4. The number of hydrogen-bond donors (Lipinski definition) is 1. The number of nitrogens with two attached hydrogens (primary N) is 1. The quantitative estimate of drug-likeness (QED) is 0.842. The van der Waals surface area contributed by atoms with Gasteiger partial charge in [-0.1, -0.05) is 12.1 Å². The van der Waals surface area contributed by atoms with Crippen LogP contribution in [0.5, 0.6) is 0 Å². The zero-order chi connectivity index (χ0) is 11.6. The number of nitrogens with zero attached hydrogens (tertiary/aromatic N) is 1. The molecule has 0 radical (unpaired) electrons. The van der Waals surface area contributed by atoms with Crippen molar-refractivity contribution < 1.29 is 0 Å². The molecule has 1 aromatic carbocycles. The minimum absolute atomic E-state index is 0.0260. The molecule has 0 aliphatic heterocycles. The van der Waals surface area contributed by atoms with Crippen LogP contribution in [0.4, 0.5) is 5.69 Å². The summed E-state index contributed by atoms with van der Waals surface area (Å²) >= 11 is 0. The SMILES string of the molecule is CCN(CC)c1ccc(C2(N)CCC2)cc1. The number of hydrogen-bond acceptors (Lipinski definition) is 2. The van der Waals surface area contributed by atoms with Crippen molar-refractivity contribution in [1.82, 2.24) is 0 Å². The Morgan fingerprint density at radius 1 is 1.12 bits per heavy atom. The van der Waals surface area contributed by atoms with Gasteiger partial charge in [-0.05, 0) is 50.8 Å². The lowest BCUT2D eigenvalue weighted by atomic mass is 9.73. The maximum atomic E-state index is 6.30. The molecule has 1 aliphatic rings. The van der Waals surface area contributed by atoms with E-state index in [1.807, 2.05) is 0 Å². The van der Waals surface area contributed by atoms with E-state index in [1.165, 1.54) is 17.7 Å². The molecule has 16 heavy (non-hydrogen) atoms. The molecule has 0 amide bonds. The average Bonchev–Trinajstić information content (AvgIpc) is 2.28. The minimum atomic E-state index is -0.0260. The van der Waals surface area contributed by atoms with Crippen LogP contribution in [-0.4, -0.2) is 13.1 Å². The molecule has 1 aliphatic carbocycles. The van der Waals surface area contributed by atoms with Crippen LogP contribution >= 0.6 is 0 Å². The predicted octanol–water partition coefficient (Wildman–Crippen LogP) is 2.87. The molecule has 0 saturated heterocycles. The maximum Gasteiger partial charge on any atom is 0.0409 e. The summed E-state index contributed by atoms with van der Waals surface area (Å²) in [6.45, 7) is 6.49. The lowest BCUT2D eigenvalue weighted by Gasteiger charge is -2.38. The minimum Gasteiger partial charge on any atom is -0.372 e. The standard InChI is InChI=1S/C14H22N2/c1-3-16(4-2)13-8-6-12(7-9-13)14(15)10-5-11-14/h6-9H,3-5,10-11,15H2,1-2H3. The third-order valence-electron chi connectivity index (χ3n) is 3.82. The molecule has 2 rings (SSSR count). The van der Waals surface area contributed by atoms with E-state index in [1.54, 1.807) is 0 Å². The Morgan fingerprint density at radius 3 is 2.06 bits per heavy atom. The van der Waals surface area contributed by atoms with Crippen LogP contribution < -0.4 is 10.6 Å². The van der Waals surface area contributed by atoms with Crippen LogP contribution in [0.15, 0.2) is 24.3 Å². The molecule has 0 heterocycles. The van der Waals surface area contributed by atoms with E-state index in [0.717, 1.165) is 25.9 Å². The fraction of sp³-hybridized carbons (Fsp3) is 0.571. The van der Waals surface area contributed by atoms with Gasteiger partial charge in [-0.15, -0.1) is 0 Å². The van der Waals surface area contributed by atoms with Gasteiger partial charge in [0, 0.05) is 24.3 Å². The molecule has 2 N–H and O–H groups in total. The molecule has 88 valence electrons. The Balaban J connectivity index is 2.15. The van der Waals surface area contributed by atoms with E-state index in [0.29, 0.717) is 0 Å². The highest BCUT2D eigenvalue weighted by atomic mass is 15.1. The van der Waals surface area contributed by atoms with Crippen molar-refractivity contribution in [2.24, 2.45) is 5.73 Å². The largest absolute Gasteiger partial charge is 0.372 e. The molecular weight excluding hydrogens is 196 g/mol. The highest BCUT2D eigenvalue weighted by Crippen LogP contribution is 2.38. The summed E-state index contributed by atoms with van der Waals surface area (Å²) in [7, 11) is 0. The first-order valence-corrected chi connectivity index (χ1v) is 6.34. The van der Waals surface area contributed by atoms with Gasteiger partial charge in [0.2, 0.25) is 0 Å². The van der Waals surface area contributed by atoms with Crippen molar-refractivity contribution >= 4 is 5.69 Å². The molecule has 2 nitrogen and oxygen atoms in total. The molecule has 1 fully saturated rings. The molecule has 2 heteroatoms. The highest BCUT2D eigenvalue weighted by Gasteiger charge is 2.34. The summed E-state index contributed by atoms with van der Waals surface area (Å²) in [5, 5.41) is 0. The molecule has 0 aromatic heterocycles. The van der Waals surface area contributed by atoms with Crippen molar-refractivity contribution in [2.75, 3.05) is 18.0 Å². The first kappa shape index (κ1) is 11.5. The summed E-state index contributed by atoms with van der Waals surface area (Å²) in [5.74, 6) is 0. The Morgan fingerprint density at radius 2 is 1.69 bits per heavy atom. The molecule has 1 saturated carbocycles. The van der Waals surface area contributed by atoms with E-state index < -0.39 is 0 Å². The number of anilines is 1. The van der Waals surface area contributed by atoms with E-state index in [-0.39, 0.29) is 5.54 Å². The third-order valence-corrected chi connectivity index (χ3v) is 3.82. The van der Waals surface area contributed by atoms with Gasteiger partial charge in [0.1, 0.15) is 0 Å². The molecular formula is C14H22N2. The Kier molecular flexibility index (Phi) is 3.20. The average molecular weight is 218 g/mol. The molecule has 0 atom stereocenters. The van der Waals surface area contributed by atoms with E-state index >= 15 is 0 Å². The Labute approximate surface area is 98.4 Å². The lowest BCUT2D eigenvalue weighted by Crippen LogP contribution is -2.43. The summed E-state index contributed by atoms with van der Waals surface area (Å²) in [5.41, 5.74) is 8.88. The van der Waals surface area contributed by atoms with E-state index in [9.17, 15) is 0 Å². The zero-order valence-corrected chi connectivity index (χ0v) is 10.4. The van der Waals surface area contributed by atoms with Gasteiger partial charge in [-0.3, -0.25) is 0 Å². The van der Waals surface area contributed by atoms with E-state index in [4.69, 9.17) is 5.73 Å². The van der Waals surface area contributed by atoms with Gasteiger partial charge in [0.15, 0.2) is 0 Å². The van der Waals surface area contributed by atoms with Gasteiger partial charge in [0.25, 0.3) is 0 Å². The van der Waals surface area contributed by atoms with Gasteiger partial charge >= 0.3 is 0 Å². The second-order valence-electron chi connectivity index (χ2n) is 4.73. The smallest absolute Gasteiger partial charge is 0.0409 e. The first-order chi connectivity index (χ1) is 7.69. The van der Waals surface area contributed by atoms with Crippen LogP contribution in [0.3, 0.4) is 0 Å². The third kappa shape index (κ3) is 1.94. The normalized spacial score (nSPS) is 17.9. The summed E-state index contributed by atoms with van der Waals surface area (Å²) < 4.78 is 0. The van der Waals surface area contributed by atoms with Gasteiger partial charge in [-0.25, -0.2) is 0 Å². The monoisotopic (exact) mass is 218 g/mol. The van der Waals surface area contributed by atoms with Crippen LogP contribution in [0, 0.1) is 0 Å². The second kappa shape index (κ2) is 4.46. The Bertz CT molecular complexity index is 334. The number of benzene rings is 1. The lowest BCUT2D eigenvalue weighted by molar-refractivity contribution is 0.253. The van der Waals surface area contributed by atoms with Crippen LogP contribution in [-0.2, 0) is 5.54 Å². The predicted molar refractivity (Wildman–Crippen MR) is 69.7 cm³/mol. The first-order valence-electron chi connectivity index (χ1n) is 6.34. The summed E-state index contributed by atoms with van der Waals surface area (Å²) in [6.07, 6.45) is 3.55. The van der Waals surface area contributed by atoms with Crippen LogP contribution in [0.2, 0.25) is 0 Å². The van der Waals surface area contributed by atoms with Crippen LogP contribution in [0.25, 0.3) is 0 Å². The summed E-state index contributed by atoms with van der Waals surface area (Å²) in [4.78, 5) is 2.35. The fourth-order valence-electron chi connectivity index (χ4n) is 2.44. The van der Waals surface area contributed by atoms with Gasteiger partial charge < -0.3 is 10.6 Å². The van der Waals surface area contributed by atoms with Crippen molar-refractivity contribution in [3.05, 3.63) is 29.8 Å². The van der Waals surface area contributed by atoms with Crippen LogP contribution in [0.1, 0.15) is 38.7 Å². The second-order valence-corrected chi connectivity index (χ2v) is 4.73. The fourth-order valence-corrected chi connectivity index (χ4v) is 2.44. The maximum absolute atomic E-state index is 6.30. The molecule has 0 spiro atoms. The molecule has 1 aromatic rings. The van der Waals surface area contributed by atoms with Gasteiger partial charge in [0.05, 0.1) is 0 Å². The van der Waals surface area contributed by atoms with Crippen molar-refractivity contribution in [1.29, 1.82) is 0 Å². The summed E-state index contributed by atoms with van der Waals surface area (Å²) in [6, 6.07) is 8.81. The van der Waals surface area contributed by atoms with Crippen molar-refractivity contribution in [3.8, 4) is 0 Å². The molecule has 0 unspecified atom stereocenters. The topological polar surface area (TPSA) is 29.3 Å². The highest BCUT2D eigenvalue weighted by molar-refractivity contribution is 5.48. The van der Waals surface area contributed by atoms with Crippen molar-refractivity contribution in [2.45, 2.75) is 38.6 Å².